The topological polar surface area (TPSA) is 12.4 Å². The number of rotatable bonds is 0. The van der Waals surface area contributed by atoms with E-state index in [0.29, 0.717) is 0 Å². The summed E-state index contributed by atoms with van der Waals surface area (Å²) in [4.78, 5) is 4.33. The van der Waals surface area contributed by atoms with Gasteiger partial charge in [0.1, 0.15) is 0 Å². The summed E-state index contributed by atoms with van der Waals surface area (Å²) in [5, 5.41) is 0. The normalized spacial score (nSPS) is 35.8. The van der Waals surface area contributed by atoms with Gasteiger partial charge in [-0.05, 0) is 0 Å². The Balaban J connectivity index is 2.84. The molecule has 0 bridgehead atoms. The molecule has 0 saturated carbocycles. The molecule has 1 aliphatic rings. The van der Waals surface area contributed by atoms with Crippen LogP contribution in [0.25, 0.3) is 0 Å². The average Bonchev–Trinajstić information content (AvgIpc) is 1.82. The summed E-state index contributed by atoms with van der Waals surface area (Å²) in [6.07, 6.45) is 4.17. The van der Waals surface area contributed by atoms with Crippen molar-refractivity contribution >= 4 is 23.4 Å². The number of aliphatic imine (C=N–C) groups is 1. The Morgan fingerprint density at radius 2 is 2.38 bits per heavy atom. The maximum absolute atomic E-state index is 4.33. The Morgan fingerprint density at radius 1 is 1.75 bits per heavy atom. The van der Waals surface area contributed by atoms with Gasteiger partial charge >= 0.3 is 58.6 Å². The van der Waals surface area contributed by atoms with E-state index in [0.717, 1.165) is 5.71 Å². The molecular weight excluding hydrogens is 93.0 g/mol. The first-order valence-corrected chi connectivity index (χ1v) is 2.86. The zero-order chi connectivity index (χ0) is 6.20. The molecule has 0 saturated heterocycles. The molecule has 0 aromatic heterocycles. The molecule has 0 amide bonds. The van der Waals surface area contributed by atoms with E-state index in [1.165, 1.54) is 0 Å². The van der Waals surface area contributed by atoms with Crippen LogP contribution in [-0.4, -0.2) is 27.6 Å². The van der Waals surface area contributed by atoms with Crippen molar-refractivity contribution in [1.82, 2.24) is 0 Å². The van der Waals surface area contributed by atoms with Crippen molar-refractivity contribution in [3.05, 3.63) is 12.2 Å². The van der Waals surface area contributed by atoms with Crippen molar-refractivity contribution in [3.63, 3.8) is 0 Å². The maximum atomic E-state index is 4.33. The summed E-state index contributed by atoms with van der Waals surface area (Å²) < 4.78 is 0.0735. The summed E-state index contributed by atoms with van der Waals surface area (Å²) in [7, 11) is 0. The van der Waals surface area contributed by atoms with Gasteiger partial charge in [0.15, 0.2) is 0 Å². The zero-order valence-electron chi connectivity index (χ0n) is 5.60. The Bertz CT molecular complexity index is 156. The number of nitrogens with zero attached hydrogens (tertiary/aromatic N) is 1. The van der Waals surface area contributed by atoms with Crippen molar-refractivity contribution in [2.45, 2.75) is 18.1 Å². The first-order valence-electron chi connectivity index (χ1n) is 2.86. The molecule has 1 unspecified atom stereocenters. The predicted molar refractivity (Wildman–Crippen MR) is 36.4 cm³/mol. The Labute approximate surface area is 59.1 Å². The van der Waals surface area contributed by atoms with Crippen LogP contribution in [0.15, 0.2) is 17.1 Å². The van der Waals surface area contributed by atoms with Crippen LogP contribution in [0.2, 0.25) is 0 Å². The minimum atomic E-state index is 0.0735. The molecule has 0 fully saturated rings. The molecule has 0 aromatic carbocycles. The van der Waals surface area contributed by atoms with E-state index < -0.39 is 0 Å². The van der Waals surface area contributed by atoms with Gasteiger partial charge in [-0.2, -0.15) is 0 Å². The summed E-state index contributed by atoms with van der Waals surface area (Å²) in [5.74, 6) is 0. The van der Waals surface area contributed by atoms with Gasteiger partial charge in [-0.3, -0.25) is 0 Å². The molecule has 38 valence electrons. The number of hydrogen-bond acceptors (Lipinski definition) is 1. The fourth-order valence-electron chi connectivity index (χ4n) is 0.854. The van der Waals surface area contributed by atoms with Gasteiger partial charge < -0.3 is 0 Å². The second kappa shape index (κ2) is 1.75. The first kappa shape index (κ1) is 6.13. The first-order chi connectivity index (χ1) is 3.60. The van der Waals surface area contributed by atoms with Crippen molar-refractivity contribution in [2.75, 3.05) is 0 Å². The van der Waals surface area contributed by atoms with Crippen LogP contribution >= 0.6 is 0 Å². The van der Waals surface area contributed by atoms with Gasteiger partial charge in [-0.1, -0.05) is 0 Å². The van der Waals surface area contributed by atoms with E-state index in [4.69, 9.17) is 0 Å². The molecule has 1 nitrogen and oxygen atoms in total. The molecule has 1 aliphatic heterocycles. The quantitative estimate of drug-likeness (QED) is 0.402. The fourth-order valence-corrected chi connectivity index (χ4v) is 0.854. The van der Waals surface area contributed by atoms with Crippen LogP contribution in [0.1, 0.15) is 13.8 Å². The van der Waals surface area contributed by atoms with Gasteiger partial charge in [-0.25, -0.2) is 0 Å². The molecule has 2 heteroatoms. The summed E-state index contributed by atoms with van der Waals surface area (Å²) in [6.45, 7) is 4.12. The summed E-state index contributed by atoms with van der Waals surface area (Å²) in [6, 6.07) is 0. The molecule has 1 atom stereocenters. The van der Waals surface area contributed by atoms with E-state index in [-0.39, 0.29) is 4.21 Å². The van der Waals surface area contributed by atoms with E-state index >= 15 is 0 Å². The third-order valence-electron chi connectivity index (χ3n) is 1.20. The average molecular weight is 101 g/mol. The molecule has 1 heterocycles. The zero-order valence-corrected chi connectivity index (χ0v) is 5.60. The van der Waals surface area contributed by atoms with Crippen molar-refractivity contribution in [2.24, 2.45) is 4.99 Å². The minimum absolute atomic E-state index is 0.0735. The third-order valence-corrected chi connectivity index (χ3v) is 1.20. The van der Waals surface area contributed by atoms with Crippen LogP contribution in [0.4, 0.5) is 0 Å². The van der Waals surface area contributed by atoms with Gasteiger partial charge in [0.25, 0.3) is 0 Å². The van der Waals surface area contributed by atoms with E-state index in [9.17, 15) is 0 Å². The standard InChI is InChI=1S/C6H8N.Li/c1-5-3-4-6(2)7-5;/h3-4H,1-2H3;. The Kier molecular flexibility index (Phi) is 1.34. The molecule has 1 rings (SSSR count). The SMILES string of the molecule is [Li][C]1(C)C=CC(C)=N1. The van der Waals surface area contributed by atoms with Crippen LogP contribution in [0.3, 0.4) is 0 Å². The molecule has 0 aliphatic carbocycles. The monoisotopic (exact) mass is 101 g/mol. The molecule has 0 spiro atoms. The van der Waals surface area contributed by atoms with E-state index in [1.807, 2.05) is 6.92 Å². The summed E-state index contributed by atoms with van der Waals surface area (Å²) >= 11 is 2.10. The number of hydrogen-bond donors (Lipinski definition) is 0. The van der Waals surface area contributed by atoms with E-state index in [2.05, 4.69) is 41.8 Å². The molecular formula is C6H8LiN. The molecule has 0 N–H and O–H groups in total. The second-order valence-corrected chi connectivity index (χ2v) is 2.74. The van der Waals surface area contributed by atoms with Crippen LogP contribution in [0.5, 0.6) is 0 Å². The van der Waals surface area contributed by atoms with Gasteiger partial charge in [-0.15, -0.1) is 0 Å². The second-order valence-electron chi connectivity index (χ2n) is 2.74. The molecule has 8 heavy (non-hydrogen) atoms. The predicted octanol–water partition coefficient (Wildman–Crippen LogP) is 0.902. The summed E-state index contributed by atoms with van der Waals surface area (Å²) in [5.41, 5.74) is 1.13. The van der Waals surface area contributed by atoms with Crippen molar-refractivity contribution in [3.8, 4) is 0 Å². The van der Waals surface area contributed by atoms with Crippen molar-refractivity contribution < 1.29 is 0 Å². The Hall–Kier alpha value is 0.00740. The van der Waals surface area contributed by atoms with Crippen LogP contribution < -0.4 is 0 Å². The van der Waals surface area contributed by atoms with E-state index in [1.54, 1.807) is 0 Å². The molecule has 0 aromatic rings. The Morgan fingerprint density at radius 3 is 2.50 bits per heavy atom. The molecule has 0 radical (unpaired) electrons. The number of allylic oxidation sites excluding steroid dienone is 1. The van der Waals surface area contributed by atoms with Gasteiger partial charge in [0, 0.05) is 0 Å². The van der Waals surface area contributed by atoms with Crippen LogP contribution in [-0.2, 0) is 0 Å². The van der Waals surface area contributed by atoms with Crippen LogP contribution in [0, 0.1) is 0 Å². The third kappa shape index (κ3) is 1.24. The van der Waals surface area contributed by atoms with Gasteiger partial charge in [0.2, 0.25) is 0 Å². The fraction of sp³-hybridized carbons (Fsp3) is 0.500. The van der Waals surface area contributed by atoms with Gasteiger partial charge in [0.05, 0.1) is 0 Å². The van der Waals surface area contributed by atoms with Crippen molar-refractivity contribution in [1.29, 1.82) is 0 Å².